The molecule has 0 aromatic rings. The lowest BCUT2D eigenvalue weighted by Crippen LogP contribution is -2.41. The minimum Gasteiger partial charge on any atom is -0.480 e. The number of piperidine rings is 2. The smallest absolute Gasteiger partial charge is 0.323 e. The number of carboxylic acids is 1. The Morgan fingerprint density at radius 1 is 0.718 bits per heavy atom. The van der Waals surface area contributed by atoms with Crippen LogP contribution in [0.1, 0.15) is 92.9 Å². The first-order valence-corrected chi connectivity index (χ1v) is 14.1. The minimum atomic E-state index is -0.713. The number of carboxylic acid groups (broad SMARTS) is 1. The molecule has 2 saturated heterocycles. The van der Waals surface area contributed by atoms with Gasteiger partial charge in [0.15, 0.2) is 0 Å². The van der Waals surface area contributed by atoms with Crippen molar-refractivity contribution in [1.29, 1.82) is 0 Å². The molecule has 0 amide bonds. The zero-order chi connectivity index (χ0) is 29.9. The summed E-state index contributed by atoms with van der Waals surface area (Å²) in [7, 11) is 0. The Hall–Kier alpha value is -2.24. The molecular weight excluding hydrogens is 508 g/mol. The molecule has 0 radical (unpaired) electrons. The Kier molecular flexibility index (Phi) is 18.6. The summed E-state index contributed by atoms with van der Waals surface area (Å²) in [6.07, 6.45) is 7.39. The minimum absolute atomic E-state index is 0.0995. The van der Waals surface area contributed by atoms with Gasteiger partial charge in [0.05, 0.1) is 17.4 Å². The standard InChI is InChI=1S/C14H25NO4.C8H16O3.C6H11NO2/c1-4-14(2,3)13(17)19-10-9-18-12(16)11-7-5-6-8-15-11;1-4-8(2,3)7(10)11-6-5-9;8-6(9)5-3-1-2-4-7-5/h11,15H,4-10H2,1-3H3;9H,4-6H2,1-3H3;5,7H,1-4H2,(H,8,9). The highest BCUT2D eigenvalue weighted by Gasteiger charge is 2.28. The second-order valence-corrected chi connectivity index (χ2v) is 11.0. The van der Waals surface area contributed by atoms with E-state index in [1.165, 1.54) is 0 Å². The van der Waals surface area contributed by atoms with E-state index in [1.807, 2.05) is 41.5 Å². The molecule has 2 aliphatic heterocycles. The van der Waals surface area contributed by atoms with Crippen molar-refractivity contribution in [2.75, 3.05) is 39.5 Å². The van der Waals surface area contributed by atoms with Gasteiger partial charge in [-0.25, -0.2) is 0 Å². The van der Waals surface area contributed by atoms with Crippen molar-refractivity contribution in [3.63, 3.8) is 0 Å². The Balaban J connectivity index is 0.000000611. The van der Waals surface area contributed by atoms with Gasteiger partial charge in [-0.2, -0.15) is 0 Å². The van der Waals surface area contributed by atoms with E-state index in [9.17, 15) is 19.2 Å². The summed E-state index contributed by atoms with van der Waals surface area (Å²) in [4.78, 5) is 44.8. The van der Waals surface area contributed by atoms with Crippen molar-refractivity contribution in [3.8, 4) is 0 Å². The molecule has 0 aromatic heterocycles. The van der Waals surface area contributed by atoms with Gasteiger partial charge in [0, 0.05) is 0 Å². The van der Waals surface area contributed by atoms with Crippen molar-refractivity contribution in [3.05, 3.63) is 0 Å². The van der Waals surface area contributed by atoms with Crippen LogP contribution in [0.4, 0.5) is 0 Å². The highest BCUT2D eigenvalue weighted by atomic mass is 16.6. The van der Waals surface area contributed by atoms with E-state index >= 15 is 0 Å². The Bertz CT molecular complexity index is 729. The first kappa shape index (κ1) is 36.8. The topological polar surface area (TPSA) is 160 Å². The molecule has 39 heavy (non-hydrogen) atoms. The molecule has 2 heterocycles. The number of rotatable bonds is 11. The number of aliphatic hydroxyl groups excluding tert-OH is 1. The molecule has 2 atom stereocenters. The molecule has 0 spiro atoms. The van der Waals surface area contributed by atoms with Gasteiger partial charge < -0.3 is 35.1 Å². The first-order chi connectivity index (χ1) is 18.3. The van der Waals surface area contributed by atoms with Crippen LogP contribution >= 0.6 is 0 Å². The van der Waals surface area contributed by atoms with Crippen molar-refractivity contribution in [2.45, 2.75) is 105 Å². The highest BCUT2D eigenvalue weighted by Crippen LogP contribution is 2.22. The van der Waals surface area contributed by atoms with E-state index in [2.05, 4.69) is 10.6 Å². The van der Waals surface area contributed by atoms with Gasteiger partial charge in [0.25, 0.3) is 0 Å². The van der Waals surface area contributed by atoms with Crippen LogP contribution in [-0.2, 0) is 33.4 Å². The van der Waals surface area contributed by atoms with Gasteiger partial charge in [-0.3, -0.25) is 19.2 Å². The number of carbonyl (C=O) groups excluding carboxylic acids is 3. The normalized spacial score (nSPS) is 19.3. The van der Waals surface area contributed by atoms with Crippen molar-refractivity contribution in [2.24, 2.45) is 10.8 Å². The molecular formula is C28H52N2O9. The molecule has 0 saturated carbocycles. The van der Waals surface area contributed by atoms with E-state index in [1.54, 1.807) is 0 Å². The van der Waals surface area contributed by atoms with Gasteiger partial charge in [0.2, 0.25) is 0 Å². The Labute approximate surface area is 233 Å². The third-order valence-electron chi connectivity index (χ3n) is 6.96. The fraction of sp³-hybridized carbons (Fsp3) is 0.857. The van der Waals surface area contributed by atoms with E-state index in [0.717, 1.165) is 64.5 Å². The zero-order valence-corrected chi connectivity index (χ0v) is 24.8. The predicted octanol–water partition coefficient (Wildman–Crippen LogP) is 2.82. The number of hydrogen-bond acceptors (Lipinski definition) is 10. The summed E-state index contributed by atoms with van der Waals surface area (Å²) in [5.41, 5.74) is -0.899. The fourth-order valence-electron chi connectivity index (χ4n) is 3.31. The summed E-state index contributed by atoms with van der Waals surface area (Å²) >= 11 is 0. The molecule has 2 aliphatic rings. The molecule has 11 heteroatoms. The number of aliphatic carboxylic acids is 1. The average Bonchev–Trinajstić information content (AvgIpc) is 2.95. The average molecular weight is 561 g/mol. The maximum atomic E-state index is 11.7. The van der Waals surface area contributed by atoms with Gasteiger partial charge in [-0.1, -0.05) is 26.7 Å². The maximum absolute atomic E-state index is 11.7. The Morgan fingerprint density at radius 3 is 1.51 bits per heavy atom. The molecule has 4 N–H and O–H groups in total. The number of esters is 3. The van der Waals surface area contributed by atoms with E-state index in [-0.39, 0.29) is 56.4 Å². The van der Waals surface area contributed by atoms with E-state index in [4.69, 9.17) is 24.4 Å². The van der Waals surface area contributed by atoms with Crippen LogP contribution in [0.3, 0.4) is 0 Å². The van der Waals surface area contributed by atoms with Crippen LogP contribution in [0.25, 0.3) is 0 Å². The van der Waals surface area contributed by atoms with Gasteiger partial charge >= 0.3 is 23.9 Å². The SMILES string of the molecule is CCC(C)(C)C(=O)OCCO.CCC(C)(C)C(=O)OCCOC(=O)C1CCCCN1.O=C(O)C1CCCCN1. The summed E-state index contributed by atoms with van der Waals surface area (Å²) < 4.78 is 15.0. The maximum Gasteiger partial charge on any atom is 0.323 e. The first-order valence-electron chi connectivity index (χ1n) is 14.1. The van der Waals surface area contributed by atoms with Gasteiger partial charge in [-0.05, 0) is 79.3 Å². The molecule has 2 unspecified atom stereocenters. The monoisotopic (exact) mass is 560 g/mol. The van der Waals surface area contributed by atoms with Gasteiger partial charge in [0.1, 0.15) is 31.9 Å². The second kappa shape index (κ2) is 19.8. The number of carbonyl (C=O) groups is 4. The third kappa shape index (κ3) is 15.8. The van der Waals surface area contributed by atoms with Crippen LogP contribution in [0, 0.1) is 10.8 Å². The van der Waals surface area contributed by atoms with E-state index < -0.39 is 16.8 Å². The lowest BCUT2D eigenvalue weighted by molar-refractivity contribution is -0.160. The van der Waals surface area contributed by atoms with Crippen molar-refractivity contribution < 1.29 is 43.6 Å². The van der Waals surface area contributed by atoms with Crippen LogP contribution < -0.4 is 10.6 Å². The third-order valence-corrected chi connectivity index (χ3v) is 6.96. The number of hydrogen-bond donors (Lipinski definition) is 4. The molecule has 228 valence electrons. The molecule has 0 bridgehead atoms. The predicted molar refractivity (Wildman–Crippen MR) is 147 cm³/mol. The Morgan fingerprint density at radius 2 is 1.15 bits per heavy atom. The molecule has 11 nitrogen and oxygen atoms in total. The second-order valence-electron chi connectivity index (χ2n) is 11.0. The molecule has 2 fully saturated rings. The summed E-state index contributed by atoms with van der Waals surface area (Å²) in [5, 5.41) is 22.9. The lowest BCUT2D eigenvalue weighted by atomic mass is 9.91. The quantitative estimate of drug-likeness (QED) is 0.167. The number of ether oxygens (including phenoxy) is 3. The van der Waals surface area contributed by atoms with E-state index in [0.29, 0.717) is 0 Å². The lowest BCUT2D eigenvalue weighted by Gasteiger charge is -2.22. The fourth-order valence-corrected chi connectivity index (χ4v) is 3.31. The van der Waals surface area contributed by atoms with Crippen LogP contribution in [0.2, 0.25) is 0 Å². The molecule has 0 aromatic carbocycles. The van der Waals surface area contributed by atoms with Crippen LogP contribution in [0.15, 0.2) is 0 Å². The van der Waals surface area contributed by atoms with Crippen LogP contribution in [0.5, 0.6) is 0 Å². The van der Waals surface area contributed by atoms with Gasteiger partial charge in [-0.15, -0.1) is 0 Å². The van der Waals surface area contributed by atoms with Crippen LogP contribution in [-0.4, -0.2) is 85.7 Å². The van der Waals surface area contributed by atoms with Crippen molar-refractivity contribution in [1.82, 2.24) is 10.6 Å². The number of aliphatic hydroxyl groups is 1. The van der Waals surface area contributed by atoms with Crippen molar-refractivity contribution >= 4 is 23.9 Å². The molecule has 0 aliphatic carbocycles. The largest absolute Gasteiger partial charge is 0.480 e. The number of nitrogens with one attached hydrogen (secondary N) is 2. The summed E-state index contributed by atoms with van der Waals surface area (Å²) in [6, 6.07) is -0.477. The highest BCUT2D eigenvalue weighted by molar-refractivity contribution is 5.77. The summed E-state index contributed by atoms with van der Waals surface area (Å²) in [6.45, 7) is 13.2. The zero-order valence-electron chi connectivity index (χ0n) is 24.8. The molecule has 2 rings (SSSR count). The summed E-state index contributed by atoms with van der Waals surface area (Å²) in [5.74, 6) is -1.45.